The Balaban J connectivity index is 1.92. The summed E-state index contributed by atoms with van der Waals surface area (Å²) in [6.07, 6.45) is 1.84. The van der Waals surface area contributed by atoms with Crippen LogP contribution in [0, 0.1) is 0 Å². The minimum atomic E-state index is 0.421. The fraction of sp³-hybridized carbons (Fsp3) is 0.0909. The van der Waals surface area contributed by atoms with Crippen LogP contribution in [0.25, 0.3) is 5.65 Å². The van der Waals surface area contributed by atoms with Crippen LogP contribution >= 0.6 is 27.3 Å². The lowest BCUT2D eigenvalue weighted by Gasteiger charge is -2.02. The Morgan fingerprint density at radius 1 is 1.44 bits per heavy atom. The highest BCUT2D eigenvalue weighted by atomic mass is 79.9. The van der Waals surface area contributed by atoms with Gasteiger partial charge >= 0.3 is 0 Å². The standard InChI is InChI=1S/C11H10BrN5S/c12-7-3-11(18-6-7)15-9-1-2-10-14-8(4-13)5-17(10)16-9/h1-3,5-6H,4,13H2,(H,15,16). The first kappa shape index (κ1) is 11.6. The monoisotopic (exact) mass is 323 g/mol. The van der Waals surface area contributed by atoms with E-state index in [0.29, 0.717) is 6.54 Å². The van der Waals surface area contributed by atoms with Crippen LogP contribution in [0.3, 0.4) is 0 Å². The van der Waals surface area contributed by atoms with Gasteiger partial charge in [0.25, 0.3) is 0 Å². The van der Waals surface area contributed by atoms with E-state index in [4.69, 9.17) is 5.73 Å². The van der Waals surface area contributed by atoms with E-state index in [-0.39, 0.29) is 0 Å². The Morgan fingerprint density at radius 2 is 2.33 bits per heavy atom. The smallest absolute Gasteiger partial charge is 0.153 e. The van der Waals surface area contributed by atoms with Gasteiger partial charge < -0.3 is 11.1 Å². The Labute approximate surface area is 116 Å². The summed E-state index contributed by atoms with van der Waals surface area (Å²) in [4.78, 5) is 4.33. The van der Waals surface area contributed by atoms with Crippen molar-refractivity contribution in [1.82, 2.24) is 14.6 Å². The van der Waals surface area contributed by atoms with Crippen LogP contribution in [0.2, 0.25) is 0 Å². The molecule has 0 aliphatic heterocycles. The molecule has 3 rings (SSSR count). The topological polar surface area (TPSA) is 68.2 Å². The van der Waals surface area contributed by atoms with E-state index in [0.717, 1.165) is 26.6 Å². The predicted octanol–water partition coefficient (Wildman–Crippen LogP) is 2.76. The summed E-state index contributed by atoms with van der Waals surface area (Å²) in [5.74, 6) is 0.776. The second kappa shape index (κ2) is 4.68. The maximum absolute atomic E-state index is 5.56. The molecular formula is C11H10BrN5S. The number of nitrogens with zero attached hydrogens (tertiary/aromatic N) is 3. The Hall–Kier alpha value is -1.44. The number of anilines is 2. The molecule has 0 fully saturated rings. The highest BCUT2D eigenvalue weighted by Crippen LogP contribution is 2.26. The summed E-state index contributed by atoms with van der Waals surface area (Å²) in [5, 5.41) is 10.7. The lowest BCUT2D eigenvalue weighted by Crippen LogP contribution is -1.97. The molecule has 0 aromatic carbocycles. The summed E-state index contributed by atoms with van der Waals surface area (Å²) in [5.41, 5.74) is 7.19. The van der Waals surface area contributed by atoms with E-state index >= 15 is 0 Å². The molecule has 7 heteroatoms. The van der Waals surface area contributed by atoms with E-state index in [2.05, 4.69) is 31.3 Å². The zero-order valence-corrected chi connectivity index (χ0v) is 11.7. The molecule has 3 aromatic heterocycles. The van der Waals surface area contributed by atoms with Gasteiger partial charge in [-0.05, 0) is 34.1 Å². The summed E-state index contributed by atoms with van der Waals surface area (Å²) in [7, 11) is 0. The van der Waals surface area contributed by atoms with Crippen LogP contribution in [0.4, 0.5) is 10.8 Å². The fourth-order valence-electron chi connectivity index (χ4n) is 1.60. The molecule has 0 saturated carbocycles. The maximum atomic E-state index is 5.56. The lowest BCUT2D eigenvalue weighted by atomic mass is 10.5. The SMILES string of the molecule is NCc1cn2nc(Nc3cc(Br)cs3)ccc2n1. The largest absolute Gasteiger partial charge is 0.330 e. The average molecular weight is 324 g/mol. The van der Waals surface area contributed by atoms with Crippen molar-refractivity contribution in [1.29, 1.82) is 0 Å². The van der Waals surface area contributed by atoms with Gasteiger partial charge in [0, 0.05) is 16.4 Å². The van der Waals surface area contributed by atoms with Crippen molar-refractivity contribution in [2.24, 2.45) is 5.73 Å². The third-order valence-electron chi connectivity index (χ3n) is 2.40. The molecule has 0 atom stereocenters. The van der Waals surface area contributed by atoms with Crippen molar-refractivity contribution in [3.05, 3.63) is 39.9 Å². The molecule has 3 aromatic rings. The van der Waals surface area contributed by atoms with Crippen molar-refractivity contribution < 1.29 is 0 Å². The summed E-state index contributed by atoms with van der Waals surface area (Å²) in [6, 6.07) is 5.82. The minimum absolute atomic E-state index is 0.421. The third kappa shape index (κ3) is 2.24. The summed E-state index contributed by atoms with van der Waals surface area (Å²) in [6.45, 7) is 0.421. The number of hydrogen-bond acceptors (Lipinski definition) is 5. The van der Waals surface area contributed by atoms with Gasteiger partial charge in [-0.3, -0.25) is 0 Å². The van der Waals surface area contributed by atoms with E-state index < -0.39 is 0 Å². The highest BCUT2D eigenvalue weighted by molar-refractivity contribution is 9.10. The normalized spacial score (nSPS) is 11.0. The zero-order valence-electron chi connectivity index (χ0n) is 9.30. The number of thiophene rings is 1. The average Bonchev–Trinajstić information content (AvgIpc) is 2.94. The van der Waals surface area contributed by atoms with Crippen molar-refractivity contribution in [2.75, 3.05) is 5.32 Å². The molecule has 0 spiro atoms. The Kier molecular flexibility index (Phi) is 3.02. The maximum Gasteiger partial charge on any atom is 0.153 e. The molecule has 0 saturated heterocycles. The molecule has 0 bridgehead atoms. The molecule has 0 aliphatic rings. The van der Waals surface area contributed by atoms with Crippen LogP contribution in [-0.2, 0) is 6.54 Å². The number of nitrogens with two attached hydrogens (primary N) is 1. The number of fused-ring (bicyclic) bond motifs is 1. The first-order valence-electron chi connectivity index (χ1n) is 5.31. The van der Waals surface area contributed by atoms with Crippen LogP contribution in [0.1, 0.15) is 5.69 Å². The van der Waals surface area contributed by atoms with Gasteiger partial charge in [0.05, 0.1) is 16.9 Å². The van der Waals surface area contributed by atoms with Gasteiger partial charge in [-0.1, -0.05) is 0 Å². The highest BCUT2D eigenvalue weighted by Gasteiger charge is 2.04. The molecule has 3 N–H and O–H groups in total. The first-order chi connectivity index (χ1) is 8.74. The van der Waals surface area contributed by atoms with E-state index in [9.17, 15) is 0 Å². The third-order valence-corrected chi connectivity index (χ3v) is 4.00. The molecule has 0 radical (unpaired) electrons. The second-order valence-corrected chi connectivity index (χ2v) is 5.54. The lowest BCUT2D eigenvalue weighted by molar-refractivity contribution is 0.934. The van der Waals surface area contributed by atoms with Crippen molar-refractivity contribution in [2.45, 2.75) is 6.54 Å². The van der Waals surface area contributed by atoms with Crippen molar-refractivity contribution in [3.63, 3.8) is 0 Å². The summed E-state index contributed by atoms with van der Waals surface area (Å²) >= 11 is 5.04. The van der Waals surface area contributed by atoms with Crippen molar-refractivity contribution in [3.8, 4) is 0 Å². The number of imidazole rings is 1. The number of nitrogens with one attached hydrogen (secondary N) is 1. The van der Waals surface area contributed by atoms with Crippen LogP contribution in [0.15, 0.2) is 34.2 Å². The zero-order chi connectivity index (χ0) is 12.5. The molecule has 0 aliphatic carbocycles. The summed E-state index contributed by atoms with van der Waals surface area (Å²) < 4.78 is 2.79. The number of halogens is 1. The second-order valence-electron chi connectivity index (χ2n) is 3.71. The van der Waals surface area contributed by atoms with Crippen molar-refractivity contribution >= 4 is 43.7 Å². The molecule has 0 unspecified atom stereocenters. The van der Waals surface area contributed by atoms with E-state index in [1.54, 1.807) is 15.9 Å². The predicted molar refractivity (Wildman–Crippen MR) is 76.2 cm³/mol. The number of rotatable bonds is 3. The minimum Gasteiger partial charge on any atom is -0.330 e. The molecule has 92 valence electrons. The quantitative estimate of drug-likeness (QED) is 0.777. The number of hydrogen-bond donors (Lipinski definition) is 2. The van der Waals surface area contributed by atoms with Crippen LogP contribution in [0.5, 0.6) is 0 Å². The Morgan fingerprint density at radius 3 is 3.06 bits per heavy atom. The number of aromatic nitrogens is 3. The Bertz CT molecular complexity index is 690. The van der Waals surface area contributed by atoms with Crippen LogP contribution < -0.4 is 11.1 Å². The van der Waals surface area contributed by atoms with E-state index in [1.165, 1.54) is 0 Å². The molecule has 3 heterocycles. The molecule has 0 amide bonds. The van der Waals surface area contributed by atoms with Crippen LogP contribution in [-0.4, -0.2) is 14.6 Å². The fourth-order valence-corrected chi connectivity index (χ4v) is 2.93. The van der Waals surface area contributed by atoms with Gasteiger partial charge in [0.15, 0.2) is 11.5 Å². The molecular weight excluding hydrogens is 314 g/mol. The van der Waals surface area contributed by atoms with Gasteiger partial charge in [-0.15, -0.1) is 16.4 Å². The first-order valence-corrected chi connectivity index (χ1v) is 6.98. The van der Waals surface area contributed by atoms with Gasteiger partial charge in [-0.2, -0.15) is 0 Å². The van der Waals surface area contributed by atoms with Gasteiger partial charge in [0.2, 0.25) is 0 Å². The molecule has 5 nitrogen and oxygen atoms in total. The molecule has 18 heavy (non-hydrogen) atoms. The van der Waals surface area contributed by atoms with Gasteiger partial charge in [-0.25, -0.2) is 9.50 Å². The van der Waals surface area contributed by atoms with Gasteiger partial charge in [0.1, 0.15) is 0 Å². The van der Waals surface area contributed by atoms with E-state index in [1.807, 2.05) is 29.8 Å².